The molecular weight excluding hydrogens is 423 g/mol. The van der Waals surface area contributed by atoms with Crippen LogP contribution in [0.1, 0.15) is 22.5 Å². The predicted octanol–water partition coefficient (Wildman–Crippen LogP) is 4.14. The minimum absolute atomic E-state index is 0.0986. The fourth-order valence-electron chi connectivity index (χ4n) is 3.64. The van der Waals surface area contributed by atoms with Gasteiger partial charge in [0.1, 0.15) is 5.82 Å². The zero-order valence-electron chi connectivity index (χ0n) is 16.1. The molecule has 0 saturated carbocycles. The van der Waals surface area contributed by atoms with E-state index in [1.165, 1.54) is 29.5 Å². The average molecular weight is 445 g/mol. The van der Waals surface area contributed by atoms with Crippen LogP contribution >= 0.6 is 11.3 Å². The normalized spacial score (nSPS) is 17.1. The summed E-state index contributed by atoms with van der Waals surface area (Å²) in [6.07, 6.45) is 1.31. The Morgan fingerprint density at radius 1 is 1.10 bits per heavy atom. The largest absolute Gasteiger partial charge is 0.336 e. The van der Waals surface area contributed by atoms with E-state index in [0.29, 0.717) is 24.3 Å². The molecular formula is C22H21FN2O3S2. The summed E-state index contributed by atoms with van der Waals surface area (Å²) in [5.41, 5.74) is 1.86. The number of hydrogen-bond donors (Lipinski definition) is 1. The van der Waals surface area contributed by atoms with E-state index in [1.54, 1.807) is 4.90 Å². The lowest BCUT2D eigenvalue weighted by molar-refractivity contribution is 0.0708. The topological polar surface area (TPSA) is 66.5 Å². The van der Waals surface area contributed by atoms with Gasteiger partial charge in [-0.3, -0.25) is 4.79 Å². The van der Waals surface area contributed by atoms with Crippen LogP contribution in [0.25, 0.3) is 11.1 Å². The molecule has 1 aliphatic heterocycles. The molecule has 5 nitrogen and oxygen atoms in total. The second kappa shape index (κ2) is 8.67. The van der Waals surface area contributed by atoms with Crippen LogP contribution in [-0.4, -0.2) is 38.4 Å². The Morgan fingerprint density at radius 2 is 1.90 bits per heavy atom. The van der Waals surface area contributed by atoms with Crippen molar-refractivity contribution in [3.63, 3.8) is 0 Å². The van der Waals surface area contributed by atoms with Gasteiger partial charge in [0.2, 0.25) is 10.0 Å². The molecule has 0 aliphatic carbocycles. The molecule has 1 atom stereocenters. The first-order valence-corrected chi connectivity index (χ1v) is 12.0. The summed E-state index contributed by atoms with van der Waals surface area (Å²) < 4.78 is 41.3. The second-order valence-electron chi connectivity index (χ2n) is 7.20. The number of halogens is 1. The average Bonchev–Trinajstić information content (AvgIpc) is 3.24. The molecule has 30 heavy (non-hydrogen) atoms. The van der Waals surface area contributed by atoms with Gasteiger partial charge in [-0.1, -0.05) is 36.4 Å². The maximum atomic E-state index is 13.4. The van der Waals surface area contributed by atoms with Gasteiger partial charge in [0.15, 0.2) is 0 Å². The minimum atomic E-state index is -3.86. The number of carbonyl (C=O) groups excluding carboxylic acids is 1. The smallest absolute Gasteiger partial charge is 0.264 e. The highest BCUT2D eigenvalue weighted by molar-refractivity contribution is 7.89. The van der Waals surface area contributed by atoms with Gasteiger partial charge >= 0.3 is 0 Å². The number of rotatable bonds is 5. The Morgan fingerprint density at radius 3 is 2.67 bits per heavy atom. The van der Waals surface area contributed by atoms with E-state index in [0.717, 1.165) is 17.2 Å². The molecule has 156 valence electrons. The Balaban J connectivity index is 1.50. The lowest BCUT2D eigenvalue weighted by Gasteiger charge is -2.33. The third-order valence-electron chi connectivity index (χ3n) is 5.08. The second-order valence-corrected chi connectivity index (χ2v) is 9.83. The predicted molar refractivity (Wildman–Crippen MR) is 115 cm³/mol. The fourth-order valence-corrected chi connectivity index (χ4v) is 5.82. The maximum Gasteiger partial charge on any atom is 0.264 e. The first kappa shape index (κ1) is 20.7. The lowest BCUT2D eigenvalue weighted by Crippen LogP contribution is -2.49. The van der Waals surface area contributed by atoms with Gasteiger partial charge in [-0.25, -0.2) is 17.5 Å². The van der Waals surface area contributed by atoms with Crippen molar-refractivity contribution < 1.29 is 17.6 Å². The minimum Gasteiger partial charge on any atom is -0.336 e. The Kier molecular flexibility index (Phi) is 5.99. The molecule has 2 heterocycles. The zero-order chi connectivity index (χ0) is 21.1. The van der Waals surface area contributed by atoms with Crippen LogP contribution in [0, 0.1) is 5.82 Å². The van der Waals surface area contributed by atoms with Gasteiger partial charge in [0, 0.05) is 24.7 Å². The number of nitrogens with zero attached hydrogens (tertiary/aromatic N) is 1. The molecule has 0 bridgehead atoms. The van der Waals surface area contributed by atoms with Crippen LogP contribution in [0.2, 0.25) is 0 Å². The van der Waals surface area contributed by atoms with Crippen molar-refractivity contribution in [1.29, 1.82) is 0 Å². The number of nitrogens with one attached hydrogen (secondary N) is 1. The molecule has 1 aliphatic rings. The van der Waals surface area contributed by atoms with Gasteiger partial charge in [0.05, 0.1) is 9.77 Å². The quantitative estimate of drug-likeness (QED) is 0.643. The van der Waals surface area contributed by atoms with E-state index >= 15 is 0 Å². The Hall–Kier alpha value is -2.55. The molecule has 1 N–H and O–H groups in total. The Labute approximate surface area is 179 Å². The summed E-state index contributed by atoms with van der Waals surface area (Å²) in [5, 5.41) is 1.89. The van der Waals surface area contributed by atoms with E-state index in [9.17, 15) is 17.6 Å². The zero-order valence-corrected chi connectivity index (χ0v) is 17.8. The summed E-state index contributed by atoms with van der Waals surface area (Å²) in [6, 6.07) is 16.1. The summed E-state index contributed by atoms with van der Waals surface area (Å²) in [4.78, 5) is 15.4. The number of sulfonamides is 1. The lowest BCUT2D eigenvalue weighted by atomic mass is 10.0. The van der Waals surface area contributed by atoms with Gasteiger partial charge < -0.3 is 4.90 Å². The Bertz CT molecular complexity index is 1150. The maximum absolute atomic E-state index is 13.4. The molecule has 2 aromatic carbocycles. The number of carbonyl (C=O) groups is 1. The highest BCUT2D eigenvalue weighted by Gasteiger charge is 2.29. The van der Waals surface area contributed by atoms with Gasteiger partial charge in [-0.2, -0.15) is 0 Å². The van der Waals surface area contributed by atoms with Crippen molar-refractivity contribution in [3.8, 4) is 11.1 Å². The van der Waals surface area contributed by atoms with E-state index in [2.05, 4.69) is 4.72 Å². The van der Waals surface area contributed by atoms with E-state index < -0.39 is 21.9 Å². The van der Waals surface area contributed by atoms with Gasteiger partial charge in [-0.15, -0.1) is 11.3 Å². The molecule has 1 saturated heterocycles. The van der Waals surface area contributed by atoms with Crippen LogP contribution in [0.3, 0.4) is 0 Å². The summed E-state index contributed by atoms with van der Waals surface area (Å²) in [7, 11) is -3.86. The first-order chi connectivity index (χ1) is 14.4. The highest BCUT2D eigenvalue weighted by atomic mass is 32.2. The van der Waals surface area contributed by atoms with Crippen LogP contribution < -0.4 is 4.72 Å². The molecule has 4 rings (SSSR count). The molecule has 1 aromatic heterocycles. The van der Waals surface area contributed by atoms with Crippen LogP contribution in [0.15, 0.2) is 70.9 Å². The van der Waals surface area contributed by atoms with Crippen LogP contribution in [0.5, 0.6) is 0 Å². The van der Waals surface area contributed by atoms with Gasteiger partial charge in [0.25, 0.3) is 5.91 Å². The van der Waals surface area contributed by atoms with Crippen LogP contribution in [0.4, 0.5) is 4.39 Å². The summed E-state index contributed by atoms with van der Waals surface area (Å²) in [5.74, 6) is -0.706. The van der Waals surface area contributed by atoms with E-state index in [1.807, 2.05) is 41.8 Å². The molecule has 1 fully saturated rings. The number of likely N-dealkylation sites (tertiary alicyclic amines) is 1. The number of amides is 1. The molecule has 3 aromatic rings. The van der Waals surface area contributed by atoms with E-state index in [4.69, 9.17) is 0 Å². The summed E-state index contributed by atoms with van der Waals surface area (Å²) >= 11 is 1.39. The molecule has 1 unspecified atom stereocenters. The molecule has 0 radical (unpaired) electrons. The summed E-state index contributed by atoms with van der Waals surface area (Å²) in [6.45, 7) is 0.850. The number of piperidine rings is 1. The highest BCUT2D eigenvalue weighted by Crippen LogP contribution is 2.30. The fraction of sp³-hybridized carbons (Fsp3) is 0.227. The molecule has 8 heteroatoms. The van der Waals surface area contributed by atoms with Crippen molar-refractivity contribution in [3.05, 3.63) is 76.7 Å². The first-order valence-electron chi connectivity index (χ1n) is 9.64. The standard InChI is InChI=1S/C22H21FN2O3S2/c23-17-8-4-10-19(14-17)30(27,28)24-18-9-5-12-25(15-18)22(26)21-20(11-13-29-21)16-6-2-1-3-7-16/h1-4,6-8,10-11,13-14,18,24H,5,9,12,15H2. The molecule has 0 spiro atoms. The van der Waals surface area contributed by atoms with Crippen molar-refractivity contribution in [2.24, 2.45) is 0 Å². The SMILES string of the molecule is O=C(c1sccc1-c1ccccc1)N1CCCC(NS(=O)(=O)c2cccc(F)c2)C1. The van der Waals surface area contributed by atoms with Gasteiger partial charge in [-0.05, 0) is 48.1 Å². The van der Waals surface area contributed by atoms with Crippen molar-refractivity contribution in [1.82, 2.24) is 9.62 Å². The third-order valence-corrected chi connectivity index (χ3v) is 7.50. The molecule has 1 amide bonds. The van der Waals surface area contributed by atoms with E-state index in [-0.39, 0.29) is 17.3 Å². The third kappa shape index (κ3) is 4.45. The van der Waals surface area contributed by atoms with Crippen molar-refractivity contribution in [2.45, 2.75) is 23.8 Å². The van der Waals surface area contributed by atoms with Crippen LogP contribution in [-0.2, 0) is 10.0 Å². The van der Waals surface area contributed by atoms with Crippen molar-refractivity contribution in [2.75, 3.05) is 13.1 Å². The monoisotopic (exact) mass is 444 g/mol. The van der Waals surface area contributed by atoms with Crippen molar-refractivity contribution >= 4 is 27.3 Å². The number of benzene rings is 2. The number of hydrogen-bond acceptors (Lipinski definition) is 4. The number of thiophene rings is 1.